The van der Waals surface area contributed by atoms with Crippen molar-refractivity contribution in [3.8, 4) is 11.6 Å². The summed E-state index contributed by atoms with van der Waals surface area (Å²) in [4.78, 5) is 20.2. The maximum absolute atomic E-state index is 12.3. The lowest BCUT2D eigenvalue weighted by Crippen LogP contribution is -2.51. The van der Waals surface area contributed by atoms with Crippen LogP contribution in [0.3, 0.4) is 0 Å². The van der Waals surface area contributed by atoms with Gasteiger partial charge in [-0.25, -0.2) is 4.98 Å². The van der Waals surface area contributed by atoms with Gasteiger partial charge in [-0.3, -0.25) is 9.78 Å². The van der Waals surface area contributed by atoms with Crippen LogP contribution < -0.4 is 10.1 Å². The molecule has 3 heterocycles. The van der Waals surface area contributed by atoms with Gasteiger partial charge in [-0.15, -0.1) is 0 Å². The first kappa shape index (κ1) is 15.2. The number of carbonyl (C=O) groups is 1. The first-order valence-electron chi connectivity index (χ1n) is 7.33. The standard InChI is InChI=1S/C16H17N3O4/c20-13-9-17-7-4-11(13)16(21)19-12-10-22-8-5-14(12)23-15-3-1-2-6-18-15/h1-4,6-7,9,12,14,20H,5,8,10H2,(H,19,21)/t12-,14-/m1/s1. The largest absolute Gasteiger partial charge is 0.505 e. The highest BCUT2D eigenvalue weighted by Crippen LogP contribution is 2.18. The third-order valence-corrected chi connectivity index (χ3v) is 3.56. The highest BCUT2D eigenvalue weighted by Gasteiger charge is 2.30. The van der Waals surface area contributed by atoms with Crippen LogP contribution in [0.1, 0.15) is 16.8 Å². The van der Waals surface area contributed by atoms with E-state index in [0.717, 1.165) is 0 Å². The second kappa shape index (κ2) is 7.06. The van der Waals surface area contributed by atoms with Crippen LogP contribution in [0.15, 0.2) is 42.9 Å². The highest BCUT2D eigenvalue weighted by atomic mass is 16.5. The number of aromatic hydroxyl groups is 1. The van der Waals surface area contributed by atoms with Crippen molar-refractivity contribution in [2.75, 3.05) is 13.2 Å². The van der Waals surface area contributed by atoms with Gasteiger partial charge >= 0.3 is 0 Å². The summed E-state index contributed by atoms with van der Waals surface area (Å²) in [5, 5.41) is 12.6. The molecule has 0 spiro atoms. The monoisotopic (exact) mass is 315 g/mol. The van der Waals surface area contributed by atoms with Crippen molar-refractivity contribution in [2.45, 2.75) is 18.6 Å². The van der Waals surface area contributed by atoms with Crippen LogP contribution in [0.5, 0.6) is 11.6 Å². The normalized spacial score (nSPS) is 20.7. The number of pyridine rings is 2. The average molecular weight is 315 g/mol. The van der Waals surface area contributed by atoms with Crippen LogP contribution in [0, 0.1) is 0 Å². The van der Waals surface area contributed by atoms with Crippen LogP contribution in [0.25, 0.3) is 0 Å². The maximum atomic E-state index is 12.3. The molecule has 0 radical (unpaired) electrons. The number of carbonyl (C=O) groups excluding carboxylic acids is 1. The van der Waals surface area contributed by atoms with Gasteiger partial charge in [-0.05, 0) is 12.1 Å². The summed E-state index contributed by atoms with van der Waals surface area (Å²) in [5.41, 5.74) is 0.169. The molecular weight excluding hydrogens is 298 g/mol. The average Bonchev–Trinajstić information content (AvgIpc) is 2.58. The Hall–Kier alpha value is -2.67. The lowest BCUT2D eigenvalue weighted by molar-refractivity contribution is -0.00452. The van der Waals surface area contributed by atoms with Gasteiger partial charge in [0.2, 0.25) is 5.88 Å². The Morgan fingerprint density at radius 3 is 3.04 bits per heavy atom. The fourth-order valence-electron chi connectivity index (χ4n) is 2.39. The van der Waals surface area contributed by atoms with E-state index in [1.807, 2.05) is 12.1 Å². The molecule has 2 aromatic rings. The van der Waals surface area contributed by atoms with Crippen molar-refractivity contribution in [3.05, 3.63) is 48.4 Å². The Balaban J connectivity index is 1.69. The van der Waals surface area contributed by atoms with Gasteiger partial charge in [0.1, 0.15) is 11.9 Å². The Bertz CT molecular complexity index is 665. The van der Waals surface area contributed by atoms with Crippen LogP contribution in [0.2, 0.25) is 0 Å². The number of ether oxygens (including phenoxy) is 2. The van der Waals surface area contributed by atoms with Gasteiger partial charge in [-0.1, -0.05) is 6.07 Å². The Morgan fingerprint density at radius 2 is 2.26 bits per heavy atom. The van der Waals surface area contributed by atoms with Gasteiger partial charge in [0, 0.05) is 24.9 Å². The summed E-state index contributed by atoms with van der Waals surface area (Å²) in [7, 11) is 0. The van der Waals surface area contributed by atoms with E-state index in [4.69, 9.17) is 9.47 Å². The van der Waals surface area contributed by atoms with Crippen molar-refractivity contribution < 1.29 is 19.4 Å². The molecule has 7 heteroatoms. The number of rotatable bonds is 4. The van der Waals surface area contributed by atoms with Crippen molar-refractivity contribution in [3.63, 3.8) is 0 Å². The van der Waals surface area contributed by atoms with Crippen molar-refractivity contribution in [1.29, 1.82) is 0 Å². The number of hydrogen-bond acceptors (Lipinski definition) is 6. The predicted molar refractivity (Wildman–Crippen MR) is 81.2 cm³/mol. The quantitative estimate of drug-likeness (QED) is 0.879. The van der Waals surface area contributed by atoms with E-state index in [-0.39, 0.29) is 23.5 Å². The first-order chi connectivity index (χ1) is 11.2. The molecule has 1 amide bonds. The lowest BCUT2D eigenvalue weighted by atomic mass is 10.1. The van der Waals surface area contributed by atoms with Crippen molar-refractivity contribution >= 4 is 5.91 Å². The minimum atomic E-state index is -0.393. The number of hydrogen-bond donors (Lipinski definition) is 2. The van der Waals surface area contributed by atoms with E-state index in [9.17, 15) is 9.90 Å². The van der Waals surface area contributed by atoms with E-state index < -0.39 is 5.91 Å². The Morgan fingerprint density at radius 1 is 1.35 bits per heavy atom. The molecule has 0 unspecified atom stereocenters. The van der Waals surface area contributed by atoms with Crippen LogP contribution in [-0.4, -0.2) is 46.3 Å². The molecule has 0 aromatic carbocycles. The molecule has 7 nitrogen and oxygen atoms in total. The smallest absolute Gasteiger partial charge is 0.255 e. The first-order valence-corrected chi connectivity index (χ1v) is 7.33. The number of nitrogens with one attached hydrogen (secondary N) is 1. The van der Waals surface area contributed by atoms with Gasteiger partial charge in [0.15, 0.2) is 0 Å². The molecule has 0 bridgehead atoms. The zero-order valence-corrected chi connectivity index (χ0v) is 12.4. The van der Waals surface area contributed by atoms with E-state index >= 15 is 0 Å². The molecule has 1 aliphatic rings. The number of amides is 1. The van der Waals surface area contributed by atoms with E-state index in [0.29, 0.717) is 25.5 Å². The van der Waals surface area contributed by atoms with E-state index in [1.165, 1.54) is 18.5 Å². The molecule has 1 saturated heterocycles. The summed E-state index contributed by atoms with van der Waals surface area (Å²) in [6.45, 7) is 0.902. The summed E-state index contributed by atoms with van der Waals surface area (Å²) < 4.78 is 11.3. The molecule has 2 aromatic heterocycles. The molecular formula is C16H17N3O4. The van der Waals surface area contributed by atoms with E-state index in [1.54, 1.807) is 12.3 Å². The minimum Gasteiger partial charge on any atom is -0.505 e. The summed E-state index contributed by atoms with van der Waals surface area (Å²) >= 11 is 0. The molecule has 1 fully saturated rings. The molecule has 23 heavy (non-hydrogen) atoms. The second-order valence-corrected chi connectivity index (χ2v) is 5.16. The molecule has 0 saturated carbocycles. The molecule has 120 valence electrons. The lowest BCUT2D eigenvalue weighted by Gasteiger charge is -2.32. The zero-order chi connectivity index (χ0) is 16.1. The predicted octanol–water partition coefficient (Wildman–Crippen LogP) is 1.15. The van der Waals surface area contributed by atoms with Gasteiger partial charge < -0.3 is 19.9 Å². The molecule has 2 atom stereocenters. The van der Waals surface area contributed by atoms with Crippen LogP contribution >= 0.6 is 0 Å². The van der Waals surface area contributed by atoms with Gasteiger partial charge in [0.25, 0.3) is 5.91 Å². The van der Waals surface area contributed by atoms with Gasteiger partial charge in [-0.2, -0.15) is 0 Å². The number of aromatic nitrogens is 2. The third kappa shape index (κ3) is 3.75. The van der Waals surface area contributed by atoms with E-state index in [2.05, 4.69) is 15.3 Å². The Labute approximate surface area is 133 Å². The fourth-order valence-corrected chi connectivity index (χ4v) is 2.39. The highest BCUT2D eigenvalue weighted by molar-refractivity contribution is 5.96. The number of nitrogens with zero attached hydrogens (tertiary/aromatic N) is 2. The minimum absolute atomic E-state index is 0.163. The van der Waals surface area contributed by atoms with Crippen LogP contribution in [0.4, 0.5) is 0 Å². The molecule has 1 aliphatic heterocycles. The maximum Gasteiger partial charge on any atom is 0.255 e. The topological polar surface area (TPSA) is 93.6 Å². The van der Waals surface area contributed by atoms with Gasteiger partial charge in [0.05, 0.1) is 31.0 Å². The fraction of sp³-hybridized carbons (Fsp3) is 0.312. The Kier molecular flexibility index (Phi) is 4.68. The molecule has 3 rings (SSSR count). The van der Waals surface area contributed by atoms with Crippen molar-refractivity contribution in [1.82, 2.24) is 15.3 Å². The summed E-state index contributed by atoms with van der Waals surface area (Å²) in [6, 6.07) is 6.55. The second-order valence-electron chi connectivity index (χ2n) is 5.16. The SMILES string of the molecule is O=C(N[C@@H]1COCC[C@H]1Oc1ccccn1)c1ccncc1O. The molecule has 0 aliphatic carbocycles. The summed E-state index contributed by atoms with van der Waals surface area (Å²) in [5.74, 6) is -0.0515. The molecule has 2 N–H and O–H groups in total. The third-order valence-electron chi connectivity index (χ3n) is 3.56. The summed E-state index contributed by atoms with van der Waals surface area (Å²) in [6.07, 6.45) is 4.73. The van der Waals surface area contributed by atoms with Crippen LogP contribution in [-0.2, 0) is 4.74 Å². The zero-order valence-electron chi connectivity index (χ0n) is 12.4. The van der Waals surface area contributed by atoms with Crippen molar-refractivity contribution in [2.24, 2.45) is 0 Å².